The zero-order valence-corrected chi connectivity index (χ0v) is 15.5. The van der Waals surface area contributed by atoms with E-state index in [1.807, 2.05) is 0 Å². The summed E-state index contributed by atoms with van der Waals surface area (Å²) in [6.07, 6.45) is 3.12. The highest BCUT2D eigenvalue weighted by atomic mass is 16.8. The monoisotopic (exact) mass is 360 g/mol. The molecule has 0 bridgehead atoms. The van der Waals surface area contributed by atoms with Crippen molar-refractivity contribution in [1.29, 1.82) is 0 Å². The molecule has 7 nitrogen and oxygen atoms in total. The van der Waals surface area contributed by atoms with Gasteiger partial charge in [-0.2, -0.15) is 0 Å². The lowest BCUT2D eigenvalue weighted by molar-refractivity contribution is -0.203. The Bertz CT molecular complexity index is 426. The molecule has 3 atom stereocenters. The fourth-order valence-electron chi connectivity index (χ4n) is 3.40. The Hall–Kier alpha value is -0.730. The van der Waals surface area contributed by atoms with Crippen LogP contribution in [0.5, 0.6) is 0 Å². The van der Waals surface area contributed by atoms with E-state index >= 15 is 0 Å². The molecular formula is C18H32O7. The van der Waals surface area contributed by atoms with E-state index in [0.717, 1.165) is 32.1 Å². The van der Waals surface area contributed by atoms with Gasteiger partial charge >= 0.3 is 5.97 Å². The number of aliphatic hydroxyl groups excluding tert-OH is 2. The van der Waals surface area contributed by atoms with E-state index in [4.69, 9.17) is 24.1 Å². The molecule has 25 heavy (non-hydrogen) atoms. The smallest absolute Gasteiger partial charge is 0.332 e. The van der Waals surface area contributed by atoms with Crippen LogP contribution < -0.4 is 0 Å². The number of hydrogen-bond acceptors (Lipinski definition) is 7. The SMILES string of the molecule is CC(C)(C)OC(=O)COC[C@@H]1OC2(CCCCC2)O[C@@H]1C(O)CCO. The Morgan fingerprint density at radius 2 is 1.92 bits per heavy atom. The van der Waals surface area contributed by atoms with Gasteiger partial charge in [0.15, 0.2) is 5.79 Å². The van der Waals surface area contributed by atoms with Gasteiger partial charge in [0, 0.05) is 19.4 Å². The summed E-state index contributed by atoms with van der Waals surface area (Å²) >= 11 is 0. The third-order valence-electron chi connectivity index (χ3n) is 4.42. The van der Waals surface area contributed by atoms with E-state index in [1.165, 1.54) is 0 Å². The highest BCUT2D eigenvalue weighted by Gasteiger charge is 2.50. The minimum Gasteiger partial charge on any atom is -0.458 e. The molecule has 1 unspecified atom stereocenters. The topological polar surface area (TPSA) is 94.5 Å². The summed E-state index contributed by atoms with van der Waals surface area (Å²) in [7, 11) is 0. The quantitative estimate of drug-likeness (QED) is 0.665. The molecule has 0 aromatic carbocycles. The van der Waals surface area contributed by atoms with Gasteiger partial charge in [0.05, 0.1) is 12.7 Å². The van der Waals surface area contributed by atoms with Crippen LogP contribution in [0.4, 0.5) is 0 Å². The van der Waals surface area contributed by atoms with Crippen molar-refractivity contribution in [2.75, 3.05) is 19.8 Å². The van der Waals surface area contributed by atoms with Crippen molar-refractivity contribution in [2.24, 2.45) is 0 Å². The second-order valence-corrected chi connectivity index (χ2v) is 7.89. The number of ether oxygens (including phenoxy) is 4. The van der Waals surface area contributed by atoms with E-state index in [9.17, 15) is 9.90 Å². The molecule has 2 fully saturated rings. The van der Waals surface area contributed by atoms with Gasteiger partial charge in [0.2, 0.25) is 0 Å². The minimum absolute atomic E-state index is 0.125. The maximum absolute atomic E-state index is 11.7. The summed E-state index contributed by atoms with van der Waals surface area (Å²) in [6.45, 7) is 5.23. The molecule has 1 saturated carbocycles. The largest absolute Gasteiger partial charge is 0.458 e. The second-order valence-electron chi connectivity index (χ2n) is 7.89. The van der Waals surface area contributed by atoms with Crippen LogP contribution in [0.2, 0.25) is 0 Å². The number of rotatable bonds is 7. The molecular weight excluding hydrogens is 328 g/mol. The van der Waals surface area contributed by atoms with Gasteiger partial charge in [-0.05, 0) is 40.0 Å². The lowest BCUT2D eigenvalue weighted by Crippen LogP contribution is -2.39. The van der Waals surface area contributed by atoms with Crippen molar-refractivity contribution in [2.45, 2.75) is 89.0 Å². The Labute approximate surface area is 149 Å². The minimum atomic E-state index is -0.832. The maximum Gasteiger partial charge on any atom is 0.332 e. The average molecular weight is 360 g/mol. The molecule has 0 radical (unpaired) electrons. The van der Waals surface area contributed by atoms with Crippen molar-refractivity contribution in [3.05, 3.63) is 0 Å². The molecule has 0 aromatic rings. The van der Waals surface area contributed by atoms with Gasteiger partial charge in [0.25, 0.3) is 0 Å². The lowest BCUT2D eigenvalue weighted by atomic mass is 9.94. The molecule has 2 aliphatic rings. The van der Waals surface area contributed by atoms with E-state index in [-0.39, 0.29) is 26.2 Å². The number of carbonyl (C=O) groups excluding carboxylic acids is 1. The Balaban J connectivity index is 1.89. The van der Waals surface area contributed by atoms with Gasteiger partial charge in [0.1, 0.15) is 24.4 Å². The summed E-state index contributed by atoms with van der Waals surface area (Å²) in [4.78, 5) is 11.7. The van der Waals surface area contributed by atoms with Crippen LogP contribution in [-0.4, -0.2) is 65.7 Å². The zero-order chi connectivity index (χ0) is 18.5. The third-order valence-corrected chi connectivity index (χ3v) is 4.42. The number of carbonyl (C=O) groups is 1. The van der Waals surface area contributed by atoms with Crippen LogP contribution in [0, 0.1) is 0 Å². The molecule has 1 aliphatic heterocycles. The Morgan fingerprint density at radius 3 is 2.52 bits per heavy atom. The van der Waals surface area contributed by atoms with E-state index in [2.05, 4.69) is 0 Å². The Kier molecular flexibility index (Phi) is 7.22. The standard InChI is InChI=1S/C18H32O7/c1-17(2,3)24-15(21)12-22-11-14-16(13(20)7-10-19)25-18(23-14)8-5-4-6-9-18/h13-14,16,19-20H,4-12H2,1-3H3/t13?,14-,16+/m0/s1. The van der Waals surface area contributed by atoms with Crippen LogP contribution in [0.1, 0.15) is 59.3 Å². The summed E-state index contributed by atoms with van der Waals surface area (Å²) < 4.78 is 22.9. The third kappa shape index (κ3) is 6.18. The molecule has 1 heterocycles. The van der Waals surface area contributed by atoms with Crippen molar-refractivity contribution in [3.8, 4) is 0 Å². The van der Waals surface area contributed by atoms with Crippen LogP contribution >= 0.6 is 0 Å². The van der Waals surface area contributed by atoms with Crippen molar-refractivity contribution < 1.29 is 34.0 Å². The van der Waals surface area contributed by atoms with Gasteiger partial charge in [-0.15, -0.1) is 0 Å². The fraction of sp³-hybridized carbons (Fsp3) is 0.944. The first-order chi connectivity index (χ1) is 11.7. The summed E-state index contributed by atoms with van der Waals surface area (Å²) in [5.74, 6) is -1.11. The molecule has 146 valence electrons. The summed E-state index contributed by atoms with van der Waals surface area (Å²) in [5, 5.41) is 19.4. The predicted molar refractivity (Wildman–Crippen MR) is 89.9 cm³/mol. The Morgan fingerprint density at radius 1 is 1.24 bits per heavy atom. The summed E-state index contributed by atoms with van der Waals surface area (Å²) in [6, 6.07) is 0. The molecule has 2 N–H and O–H groups in total. The maximum atomic E-state index is 11.7. The number of esters is 1. The lowest BCUT2D eigenvalue weighted by Gasteiger charge is -2.32. The molecule has 0 amide bonds. The van der Waals surface area contributed by atoms with Crippen LogP contribution in [-0.2, 0) is 23.7 Å². The van der Waals surface area contributed by atoms with Gasteiger partial charge < -0.3 is 29.2 Å². The molecule has 7 heteroatoms. The number of hydrogen-bond donors (Lipinski definition) is 2. The molecule has 1 spiro atoms. The average Bonchev–Trinajstić information content (AvgIpc) is 2.85. The number of aliphatic hydroxyl groups is 2. The zero-order valence-electron chi connectivity index (χ0n) is 15.5. The summed E-state index contributed by atoms with van der Waals surface area (Å²) in [5.41, 5.74) is -0.556. The molecule has 1 aliphatic carbocycles. The first-order valence-electron chi connectivity index (χ1n) is 9.19. The van der Waals surface area contributed by atoms with Crippen molar-refractivity contribution in [3.63, 3.8) is 0 Å². The van der Waals surface area contributed by atoms with Crippen LogP contribution in [0.3, 0.4) is 0 Å². The van der Waals surface area contributed by atoms with E-state index in [0.29, 0.717) is 0 Å². The second kappa shape index (κ2) is 8.77. The highest BCUT2D eigenvalue weighted by molar-refractivity contribution is 5.71. The van der Waals surface area contributed by atoms with Crippen LogP contribution in [0.25, 0.3) is 0 Å². The normalized spacial score (nSPS) is 27.4. The first kappa shape index (κ1) is 20.6. The molecule has 0 aromatic heterocycles. The van der Waals surface area contributed by atoms with E-state index < -0.39 is 35.7 Å². The van der Waals surface area contributed by atoms with Crippen molar-refractivity contribution >= 4 is 5.97 Å². The van der Waals surface area contributed by atoms with Gasteiger partial charge in [-0.1, -0.05) is 6.42 Å². The van der Waals surface area contributed by atoms with Crippen molar-refractivity contribution in [1.82, 2.24) is 0 Å². The molecule has 2 rings (SSSR count). The van der Waals surface area contributed by atoms with E-state index in [1.54, 1.807) is 20.8 Å². The van der Waals surface area contributed by atoms with Crippen LogP contribution in [0.15, 0.2) is 0 Å². The van der Waals surface area contributed by atoms with Gasteiger partial charge in [-0.3, -0.25) is 0 Å². The van der Waals surface area contributed by atoms with Gasteiger partial charge in [-0.25, -0.2) is 4.79 Å². The predicted octanol–water partition coefficient (Wildman–Crippen LogP) is 1.53. The molecule has 1 saturated heterocycles. The first-order valence-corrected chi connectivity index (χ1v) is 9.19. The fourth-order valence-corrected chi connectivity index (χ4v) is 3.40. The highest BCUT2D eigenvalue weighted by Crippen LogP contribution is 2.41.